The fourth-order valence-electron chi connectivity index (χ4n) is 2.90. The average molecular weight is 238 g/mol. The lowest BCUT2D eigenvalue weighted by Crippen LogP contribution is -2.52. The zero-order valence-electron chi connectivity index (χ0n) is 11.5. The Balaban J connectivity index is 1.89. The van der Waals surface area contributed by atoms with Crippen LogP contribution in [0.3, 0.4) is 0 Å². The standard InChI is InChI=1S/C14H26N2O/c1-14(2,3)12-5-4-7-16(8-6-12)13(17)11-9-15-10-11/h11-12,15H,4-10H2,1-3H3. The van der Waals surface area contributed by atoms with E-state index in [0.29, 0.717) is 11.3 Å². The van der Waals surface area contributed by atoms with Gasteiger partial charge in [0.1, 0.15) is 0 Å². The van der Waals surface area contributed by atoms with Crippen LogP contribution >= 0.6 is 0 Å². The van der Waals surface area contributed by atoms with Gasteiger partial charge in [0.15, 0.2) is 0 Å². The van der Waals surface area contributed by atoms with Gasteiger partial charge in [-0.1, -0.05) is 20.8 Å². The largest absolute Gasteiger partial charge is 0.342 e. The van der Waals surface area contributed by atoms with Gasteiger partial charge in [0.25, 0.3) is 0 Å². The summed E-state index contributed by atoms with van der Waals surface area (Å²) in [5.41, 5.74) is 0.386. The first kappa shape index (κ1) is 12.9. The molecule has 17 heavy (non-hydrogen) atoms. The molecule has 0 bridgehead atoms. The molecule has 1 unspecified atom stereocenters. The third-order valence-corrected chi connectivity index (χ3v) is 4.40. The first-order valence-electron chi connectivity index (χ1n) is 6.98. The van der Waals surface area contributed by atoms with Crippen molar-refractivity contribution in [3.8, 4) is 0 Å². The maximum Gasteiger partial charge on any atom is 0.228 e. The van der Waals surface area contributed by atoms with E-state index in [1.165, 1.54) is 19.3 Å². The van der Waals surface area contributed by atoms with Crippen molar-refractivity contribution in [2.24, 2.45) is 17.3 Å². The van der Waals surface area contributed by atoms with Crippen LogP contribution in [0.1, 0.15) is 40.0 Å². The minimum absolute atomic E-state index is 0.265. The van der Waals surface area contributed by atoms with E-state index in [1.54, 1.807) is 0 Å². The Bertz CT molecular complexity index is 278. The summed E-state index contributed by atoms with van der Waals surface area (Å²) in [7, 11) is 0. The van der Waals surface area contributed by atoms with Gasteiger partial charge in [-0.3, -0.25) is 4.79 Å². The van der Waals surface area contributed by atoms with Crippen LogP contribution in [0, 0.1) is 17.3 Å². The fourth-order valence-corrected chi connectivity index (χ4v) is 2.90. The van der Waals surface area contributed by atoms with E-state index in [-0.39, 0.29) is 5.92 Å². The highest BCUT2D eigenvalue weighted by atomic mass is 16.2. The van der Waals surface area contributed by atoms with Gasteiger partial charge in [-0.2, -0.15) is 0 Å². The van der Waals surface area contributed by atoms with Gasteiger partial charge in [0.05, 0.1) is 5.92 Å². The number of hydrogen-bond acceptors (Lipinski definition) is 2. The molecule has 2 heterocycles. The van der Waals surface area contributed by atoms with Crippen molar-refractivity contribution in [3.63, 3.8) is 0 Å². The molecule has 0 spiro atoms. The van der Waals surface area contributed by atoms with Gasteiger partial charge in [-0.15, -0.1) is 0 Å². The molecule has 2 aliphatic rings. The van der Waals surface area contributed by atoms with Crippen molar-refractivity contribution in [2.75, 3.05) is 26.2 Å². The maximum absolute atomic E-state index is 12.2. The number of nitrogens with zero attached hydrogens (tertiary/aromatic N) is 1. The predicted octanol–water partition coefficient (Wildman–Crippen LogP) is 1.88. The third-order valence-electron chi connectivity index (χ3n) is 4.40. The Kier molecular flexibility index (Phi) is 3.76. The summed E-state index contributed by atoms with van der Waals surface area (Å²) in [4.78, 5) is 14.3. The van der Waals surface area contributed by atoms with Crippen LogP contribution in [0.5, 0.6) is 0 Å². The van der Waals surface area contributed by atoms with Gasteiger partial charge in [-0.25, -0.2) is 0 Å². The molecule has 1 atom stereocenters. The maximum atomic E-state index is 12.2. The lowest BCUT2D eigenvalue weighted by Gasteiger charge is -2.32. The van der Waals surface area contributed by atoms with Crippen molar-refractivity contribution >= 4 is 5.91 Å². The number of likely N-dealkylation sites (tertiary alicyclic amines) is 1. The quantitative estimate of drug-likeness (QED) is 0.756. The number of carbonyl (C=O) groups excluding carboxylic acids is 1. The van der Waals surface area contributed by atoms with Crippen LogP contribution in [0.25, 0.3) is 0 Å². The van der Waals surface area contributed by atoms with Crippen molar-refractivity contribution in [3.05, 3.63) is 0 Å². The molecule has 0 aromatic rings. The summed E-state index contributed by atoms with van der Waals surface area (Å²) in [5.74, 6) is 1.42. The normalized spacial score (nSPS) is 27.5. The van der Waals surface area contributed by atoms with E-state index < -0.39 is 0 Å². The predicted molar refractivity (Wildman–Crippen MR) is 69.7 cm³/mol. The van der Waals surface area contributed by atoms with Crippen LogP contribution in [-0.2, 0) is 4.79 Å². The molecule has 0 aliphatic carbocycles. The molecule has 2 fully saturated rings. The molecular weight excluding hydrogens is 212 g/mol. The Labute approximate surface area is 105 Å². The highest BCUT2D eigenvalue weighted by Gasteiger charge is 2.32. The van der Waals surface area contributed by atoms with Crippen molar-refractivity contribution < 1.29 is 4.79 Å². The summed E-state index contributed by atoms with van der Waals surface area (Å²) < 4.78 is 0. The first-order valence-corrected chi connectivity index (χ1v) is 6.98. The van der Waals surface area contributed by atoms with Crippen molar-refractivity contribution in [1.29, 1.82) is 0 Å². The van der Waals surface area contributed by atoms with Crippen molar-refractivity contribution in [2.45, 2.75) is 40.0 Å². The molecule has 1 N–H and O–H groups in total. The summed E-state index contributed by atoms with van der Waals surface area (Å²) >= 11 is 0. The van der Waals surface area contributed by atoms with Gasteiger partial charge >= 0.3 is 0 Å². The molecule has 0 aromatic heterocycles. The lowest BCUT2D eigenvalue weighted by atomic mass is 9.77. The van der Waals surface area contributed by atoms with Crippen LogP contribution < -0.4 is 5.32 Å². The molecule has 3 heteroatoms. The van der Waals surface area contributed by atoms with Gasteiger partial charge in [0, 0.05) is 26.2 Å². The Morgan fingerprint density at radius 3 is 2.41 bits per heavy atom. The SMILES string of the molecule is CC(C)(C)C1CCCN(C(=O)C2CNC2)CC1. The fraction of sp³-hybridized carbons (Fsp3) is 0.929. The molecule has 0 aromatic carbocycles. The second kappa shape index (κ2) is 4.97. The second-order valence-corrected chi connectivity index (χ2v) is 6.67. The average Bonchev–Trinajstić information content (AvgIpc) is 2.38. The highest BCUT2D eigenvalue weighted by molar-refractivity contribution is 5.80. The summed E-state index contributed by atoms with van der Waals surface area (Å²) in [6.45, 7) is 10.7. The molecule has 1 amide bonds. The molecule has 2 saturated heterocycles. The molecular formula is C14H26N2O. The van der Waals surface area contributed by atoms with E-state index in [1.807, 2.05) is 0 Å². The number of hydrogen-bond donors (Lipinski definition) is 1. The second-order valence-electron chi connectivity index (χ2n) is 6.67. The Hall–Kier alpha value is -0.570. The van der Waals surface area contributed by atoms with Crippen LogP contribution in [0.4, 0.5) is 0 Å². The minimum Gasteiger partial charge on any atom is -0.342 e. The highest BCUT2D eigenvalue weighted by Crippen LogP contribution is 2.34. The third kappa shape index (κ3) is 3.01. The summed E-state index contributed by atoms with van der Waals surface area (Å²) in [5, 5.41) is 3.18. The van der Waals surface area contributed by atoms with Gasteiger partial charge in [-0.05, 0) is 30.6 Å². The van der Waals surface area contributed by atoms with Crippen LogP contribution in [0.15, 0.2) is 0 Å². The number of carbonyl (C=O) groups is 1. The number of rotatable bonds is 1. The van der Waals surface area contributed by atoms with Gasteiger partial charge < -0.3 is 10.2 Å². The number of amides is 1. The summed E-state index contributed by atoms with van der Waals surface area (Å²) in [6.07, 6.45) is 3.62. The summed E-state index contributed by atoms with van der Waals surface area (Å²) in [6, 6.07) is 0. The van der Waals surface area contributed by atoms with Crippen molar-refractivity contribution in [1.82, 2.24) is 10.2 Å². The van der Waals surface area contributed by atoms with Crippen LogP contribution in [-0.4, -0.2) is 37.0 Å². The van der Waals surface area contributed by atoms with Crippen LogP contribution in [0.2, 0.25) is 0 Å². The van der Waals surface area contributed by atoms with E-state index >= 15 is 0 Å². The Morgan fingerprint density at radius 2 is 1.88 bits per heavy atom. The molecule has 2 aliphatic heterocycles. The first-order chi connectivity index (χ1) is 7.98. The molecule has 3 nitrogen and oxygen atoms in total. The minimum atomic E-state index is 0.265. The van der Waals surface area contributed by atoms with E-state index in [4.69, 9.17) is 0 Å². The van der Waals surface area contributed by atoms with E-state index in [0.717, 1.165) is 32.1 Å². The van der Waals surface area contributed by atoms with E-state index in [9.17, 15) is 4.79 Å². The number of nitrogens with one attached hydrogen (secondary N) is 1. The van der Waals surface area contributed by atoms with E-state index in [2.05, 4.69) is 31.0 Å². The zero-order valence-corrected chi connectivity index (χ0v) is 11.5. The zero-order chi connectivity index (χ0) is 12.5. The smallest absolute Gasteiger partial charge is 0.228 e. The molecule has 0 radical (unpaired) electrons. The topological polar surface area (TPSA) is 32.3 Å². The lowest BCUT2D eigenvalue weighted by molar-refractivity contribution is -0.137. The molecule has 98 valence electrons. The Morgan fingerprint density at radius 1 is 1.18 bits per heavy atom. The molecule has 2 rings (SSSR count). The monoisotopic (exact) mass is 238 g/mol. The molecule has 0 saturated carbocycles. The van der Waals surface area contributed by atoms with Gasteiger partial charge in [0.2, 0.25) is 5.91 Å².